The highest BCUT2D eigenvalue weighted by molar-refractivity contribution is 7.99. The van der Waals surface area contributed by atoms with E-state index in [1.54, 1.807) is 0 Å². The van der Waals surface area contributed by atoms with E-state index in [0.29, 0.717) is 5.25 Å². The number of methoxy groups -OCH3 is 1. The van der Waals surface area contributed by atoms with Crippen molar-refractivity contribution < 1.29 is 9.53 Å². The second kappa shape index (κ2) is 7.44. The minimum atomic E-state index is -0.122. The second-order valence-electron chi connectivity index (χ2n) is 4.29. The zero-order valence-corrected chi connectivity index (χ0v) is 12.3. The van der Waals surface area contributed by atoms with Crippen LogP contribution in [0, 0.1) is 6.92 Å². The van der Waals surface area contributed by atoms with E-state index in [4.69, 9.17) is 4.74 Å². The number of anilines is 1. The summed E-state index contributed by atoms with van der Waals surface area (Å²) < 4.78 is 4.79. The molecule has 100 valence electrons. The second-order valence-corrected chi connectivity index (χ2v) is 5.81. The summed E-state index contributed by atoms with van der Waals surface area (Å²) in [5.41, 5.74) is 1.93. The number of benzene rings is 1. The molecule has 0 bridgehead atoms. The Kier molecular flexibility index (Phi) is 6.22. The van der Waals surface area contributed by atoms with Crippen LogP contribution in [0.5, 0.6) is 0 Å². The normalized spacial score (nSPS) is 12.2. The largest absolute Gasteiger partial charge is 0.375 e. The highest BCUT2D eigenvalue weighted by Crippen LogP contribution is 2.28. The van der Waals surface area contributed by atoms with Crippen molar-refractivity contribution in [3.8, 4) is 0 Å². The van der Waals surface area contributed by atoms with Gasteiger partial charge in [-0.3, -0.25) is 4.79 Å². The summed E-state index contributed by atoms with van der Waals surface area (Å²) in [6.07, 6.45) is 1.15. The van der Waals surface area contributed by atoms with Gasteiger partial charge in [0.1, 0.15) is 6.61 Å². The summed E-state index contributed by atoms with van der Waals surface area (Å²) in [5, 5.41) is 3.44. The lowest BCUT2D eigenvalue weighted by Gasteiger charge is -2.12. The standard InChI is InChI=1S/C14H21NO2S/c1-5-11(3)18-12-6-7-13(10(2)8-12)15-14(16)9-17-4/h6-8,11H,5,9H2,1-4H3,(H,15,16)/t11-/m1/s1. The lowest BCUT2D eigenvalue weighted by atomic mass is 10.2. The first-order valence-electron chi connectivity index (χ1n) is 6.13. The van der Waals surface area contributed by atoms with Crippen LogP contribution >= 0.6 is 11.8 Å². The molecule has 1 aromatic rings. The van der Waals surface area contributed by atoms with Gasteiger partial charge in [-0.2, -0.15) is 0 Å². The topological polar surface area (TPSA) is 38.3 Å². The fourth-order valence-corrected chi connectivity index (χ4v) is 2.51. The van der Waals surface area contributed by atoms with Crippen LogP contribution in [-0.4, -0.2) is 24.9 Å². The summed E-state index contributed by atoms with van der Waals surface area (Å²) in [6.45, 7) is 6.49. The van der Waals surface area contributed by atoms with Gasteiger partial charge >= 0.3 is 0 Å². The van der Waals surface area contributed by atoms with E-state index in [0.717, 1.165) is 17.7 Å². The Morgan fingerprint density at radius 1 is 1.50 bits per heavy atom. The highest BCUT2D eigenvalue weighted by atomic mass is 32.2. The number of carbonyl (C=O) groups is 1. The van der Waals surface area contributed by atoms with Gasteiger partial charge in [0, 0.05) is 22.9 Å². The smallest absolute Gasteiger partial charge is 0.250 e. The maximum atomic E-state index is 11.4. The molecule has 0 saturated heterocycles. The Hall–Kier alpha value is -1.00. The molecule has 0 fully saturated rings. The van der Waals surface area contributed by atoms with E-state index in [2.05, 4.69) is 25.2 Å². The molecular weight excluding hydrogens is 246 g/mol. The zero-order valence-electron chi connectivity index (χ0n) is 11.4. The molecule has 0 aliphatic rings. The third-order valence-electron chi connectivity index (χ3n) is 2.66. The number of amides is 1. The quantitative estimate of drug-likeness (QED) is 0.802. The fourth-order valence-electron chi connectivity index (χ4n) is 1.48. The van der Waals surface area contributed by atoms with Gasteiger partial charge in [0.15, 0.2) is 0 Å². The number of carbonyl (C=O) groups excluding carboxylic acids is 1. The van der Waals surface area contributed by atoms with Crippen LogP contribution in [0.15, 0.2) is 23.1 Å². The Bertz CT molecular complexity index is 407. The number of ether oxygens (including phenoxy) is 1. The van der Waals surface area contributed by atoms with E-state index in [-0.39, 0.29) is 12.5 Å². The molecule has 0 aromatic heterocycles. The first kappa shape index (κ1) is 15.1. The number of nitrogens with one attached hydrogen (secondary N) is 1. The molecule has 4 heteroatoms. The molecule has 0 spiro atoms. The molecule has 18 heavy (non-hydrogen) atoms. The van der Waals surface area contributed by atoms with E-state index >= 15 is 0 Å². The molecule has 0 saturated carbocycles. The van der Waals surface area contributed by atoms with E-state index in [1.165, 1.54) is 12.0 Å². The van der Waals surface area contributed by atoms with Crippen LogP contribution < -0.4 is 5.32 Å². The van der Waals surface area contributed by atoms with Crippen molar-refractivity contribution in [3.05, 3.63) is 23.8 Å². The number of aryl methyl sites for hydroxylation is 1. The summed E-state index contributed by atoms with van der Waals surface area (Å²) in [7, 11) is 1.51. The first-order valence-corrected chi connectivity index (χ1v) is 7.00. The molecule has 0 aliphatic heterocycles. The summed E-state index contributed by atoms with van der Waals surface area (Å²) >= 11 is 1.86. The summed E-state index contributed by atoms with van der Waals surface area (Å²) in [4.78, 5) is 12.7. The first-order chi connectivity index (χ1) is 8.56. The van der Waals surface area contributed by atoms with Crippen LogP contribution in [0.25, 0.3) is 0 Å². The van der Waals surface area contributed by atoms with Crippen LogP contribution in [-0.2, 0) is 9.53 Å². The van der Waals surface area contributed by atoms with Gasteiger partial charge in [0.25, 0.3) is 0 Å². The molecule has 1 aromatic carbocycles. The van der Waals surface area contributed by atoms with Gasteiger partial charge in [-0.15, -0.1) is 11.8 Å². The van der Waals surface area contributed by atoms with E-state index < -0.39 is 0 Å². The average Bonchev–Trinajstić information content (AvgIpc) is 2.33. The molecule has 0 radical (unpaired) electrons. The third-order valence-corrected chi connectivity index (χ3v) is 3.92. The minimum Gasteiger partial charge on any atom is -0.375 e. The molecule has 0 aliphatic carbocycles. The predicted octanol–water partition coefficient (Wildman–Crippen LogP) is 3.47. The number of hydrogen-bond donors (Lipinski definition) is 1. The maximum Gasteiger partial charge on any atom is 0.250 e. The van der Waals surface area contributed by atoms with Gasteiger partial charge < -0.3 is 10.1 Å². The van der Waals surface area contributed by atoms with Crippen LogP contribution in [0.3, 0.4) is 0 Å². The lowest BCUT2D eigenvalue weighted by Crippen LogP contribution is -2.17. The predicted molar refractivity (Wildman–Crippen MR) is 77.3 cm³/mol. The van der Waals surface area contributed by atoms with Gasteiger partial charge in [0.2, 0.25) is 5.91 Å². The van der Waals surface area contributed by atoms with Crippen LogP contribution in [0.4, 0.5) is 5.69 Å². The van der Waals surface area contributed by atoms with Crippen molar-refractivity contribution in [3.63, 3.8) is 0 Å². The average molecular weight is 267 g/mol. The molecule has 3 nitrogen and oxygen atoms in total. The molecule has 0 unspecified atom stereocenters. The van der Waals surface area contributed by atoms with Crippen molar-refractivity contribution in [2.75, 3.05) is 19.0 Å². The van der Waals surface area contributed by atoms with Gasteiger partial charge in [-0.25, -0.2) is 0 Å². The molecule has 0 heterocycles. The Morgan fingerprint density at radius 3 is 2.78 bits per heavy atom. The molecule has 1 N–H and O–H groups in total. The van der Waals surface area contributed by atoms with Crippen molar-refractivity contribution in [1.29, 1.82) is 0 Å². The van der Waals surface area contributed by atoms with Crippen molar-refractivity contribution in [2.45, 2.75) is 37.3 Å². The number of thioether (sulfide) groups is 1. The maximum absolute atomic E-state index is 11.4. The number of hydrogen-bond acceptors (Lipinski definition) is 3. The van der Waals surface area contributed by atoms with Crippen molar-refractivity contribution in [2.24, 2.45) is 0 Å². The molecular formula is C14H21NO2S. The summed E-state index contributed by atoms with van der Waals surface area (Å²) in [5.74, 6) is -0.122. The monoisotopic (exact) mass is 267 g/mol. The Balaban J connectivity index is 2.70. The lowest BCUT2D eigenvalue weighted by molar-refractivity contribution is -0.119. The van der Waals surface area contributed by atoms with Crippen LogP contribution in [0.2, 0.25) is 0 Å². The van der Waals surface area contributed by atoms with Gasteiger partial charge in [-0.1, -0.05) is 13.8 Å². The minimum absolute atomic E-state index is 0.0861. The van der Waals surface area contributed by atoms with Crippen LogP contribution in [0.1, 0.15) is 25.8 Å². The molecule has 1 rings (SSSR count). The molecule has 1 amide bonds. The van der Waals surface area contributed by atoms with E-state index in [1.807, 2.05) is 30.8 Å². The summed E-state index contributed by atoms with van der Waals surface area (Å²) in [6, 6.07) is 6.11. The van der Waals surface area contributed by atoms with E-state index in [9.17, 15) is 4.79 Å². The fraction of sp³-hybridized carbons (Fsp3) is 0.500. The Morgan fingerprint density at radius 2 is 2.22 bits per heavy atom. The number of rotatable bonds is 6. The zero-order chi connectivity index (χ0) is 13.5. The molecule has 1 atom stereocenters. The van der Waals surface area contributed by atoms with Gasteiger partial charge in [-0.05, 0) is 37.1 Å². The highest BCUT2D eigenvalue weighted by Gasteiger charge is 2.07. The van der Waals surface area contributed by atoms with Gasteiger partial charge in [0.05, 0.1) is 0 Å². The Labute approximate surface area is 113 Å². The SMILES string of the molecule is CC[C@@H](C)Sc1ccc(NC(=O)COC)c(C)c1. The van der Waals surface area contributed by atoms with Crippen molar-refractivity contribution in [1.82, 2.24) is 0 Å². The third kappa shape index (κ3) is 4.70. The van der Waals surface area contributed by atoms with Crippen molar-refractivity contribution >= 4 is 23.4 Å².